The van der Waals surface area contributed by atoms with E-state index in [9.17, 15) is 8.78 Å². The van der Waals surface area contributed by atoms with E-state index in [1.54, 1.807) is 18.2 Å². The van der Waals surface area contributed by atoms with Crippen molar-refractivity contribution in [2.75, 3.05) is 26.7 Å². The Morgan fingerprint density at radius 1 is 1.35 bits per heavy atom. The molecule has 2 rings (SSSR count). The van der Waals surface area contributed by atoms with E-state index in [0.717, 1.165) is 19.5 Å². The number of alkyl halides is 2. The van der Waals surface area contributed by atoms with Crippen molar-refractivity contribution in [2.24, 2.45) is 0 Å². The van der Waals surface area contributed by atoms with E-state index >= 15 is 0 Å². The molecule has 0 bridgehead atoms. The smallest absolute Gasteiger partial charge is 0.285 e. The predicted molar refractivity (Wildman–Crippen MR) is 64.2 cm³/mol. The number of rotatable bonds is 4. The second-order valence-corrected chi connectivity index (χ2v) is 4.70. The Bertz CT molecular complexity index is 354. The number of likely N-dealkylation sites (N-methyl/N-ethyl adjacent to an activating group) is 1. The summed E-state index contributed by atoms with van der Waals surface area (Å²) in [5.74, 6) is -2.79. The molecule has 17 heavy (non-hydrogen) atoms. The predicted octanol–water partition coefficient (Wildman–Crippen LogP) is 2.07. The van der Waals surface area contributed by atoms with E-state index in [4.69, 9.17) is 0 Å². The molecule has 1 aromatic carbocycles. The number of likely N-dealkylation sites (tertiary alicyclic amines) is 1. The van der Waals surface area contributed by atoms with Crippen LogP contribution in [0.5, 0.6) is 0 Å². The van der Waals surface area contributed by atoms with Gasteiger partial charge in [-0.05, 0) is 20.0 Å². The van der Waals surface area contributed by atoms with Crippen molar-refractivity contribution in [1.29, 1.82) is 0 Å². The molecule has 0 radical (unpaired) electrons. The van der Waals surface area contributed by atoms with E-state index in [0.29, 0.717) is 0 Å². The van der Waals surface area contributed by atoms with Gasteiger partial charge in [-0.15, -0.1) is 0 Å². The molecule has 0 spiro atoms. The van der Waals surface area contributed by atoms with Crippen molar-refractivity contribution in [3.63, 3.8) is 0 Å². The lowest BCUT2D eigenvalue weighted by Gasteiger charge is -2.20. The van der Waals surface area contributed by atoms with Gasteiger partial charge >= 0.3 is 0 Å². The van der Waals surface area contributed by atoms with Gasteiger partial charge in [0.25, 0.3) is 5.92 Å². The molecule has 2 nitrogen and oxygen atoms in total. The fraction of sp³-hybridized carbons (Fsp3) is 0.538. The third kappa shape index (κ3) is 3.23. The van der Waals surface area contributed by atoms with E-state index < -0.39 is 5.92 Å². The van der Waals surface area contributed by atoms with Gasteiger partial charge in [0.15, 0.2) is 0 Å². The number of halogens is 2. The fourth-order valence-corrected chi connectivity index (χ4v) is 2.16. The normalized spacial score (nSPS) is 21.9. The maximum absolute atomic E-state index is 13.8. The van der Waals surface area contributed by atoms with Crippen LogP contribution in [0.25, 0.3) is 0 Å². The third-order valence-corrected chi connectivity index (χ3v) is 3.20. The highest BCUT2D eigenvalue weighted by Crippen LogP contribution is 2.27. The second kappa shape index (κ2) is 5.10. The van der Waals surface area contributed by atoms with Crippen LogP contribution >= 0.6 is 0 Å². The number of hydrogen-bond donors (Lipinski definition) is 1. The summed E-state index contributed by atoms with van der Waals surface area (Å²) in [5.41, 5.74) is 0.0823. The van der Waals surface area contributed by atoms with E-state index in [-0.39, 0.29) is 18.2 Å². The summed E-state index contributed by atoms with van der Waals surface area (Å²) < 4.78 is 27.7. The molecule has 0 saturated carbocycles. The van der Waals surface area contributed by atoms with Crippen LogP contribution < -0.4 is 5.32 Å². The van der Waals surface area contributed by atoms with Crippen molar-refractivity contribution in [3.8, 4) is 0 Å². The molecule has 4 heteroatoms. The number of nitrogens with zero attached hydrogens (tertiary/aromatic N) is 1. The molecule has 0 aliphatic carbocycles. The summed E-state index contributed by atoms with van der Waals surface area (Å²) in [6.07, 6.45) is 0.946. The van der Waals surface area contributed by atoms with Crippen LogP contribution in [0, 0.1) is 0 Å². The molecule has 1 heterocycles. The van der Waals surface area contributed by atoms with E-state index in [1.807, 2.05) is 7.05 Å². The standard InChI is InChI=1S/C13H18F2N2/c1-17-8-7-12(9-17)16-10-13(14,15)11-5-3-2-4-6-11/h2-6,12,16H,7-10H2,1H3. The Kier molecular flexibility index (Phi) is 3.74. The SMILES string of the molecule is CN1CCC(NCC(F)(F)c2ccccc2)C1. The molecule has 1 aliphatic heterocycles. The Hall–Kier alpha value is -1.00. The molecule has 1 saturated heterocycles. The highest BCUT2D eigenvalue weighted by molar-refractivity contribution is 5.20. The topological polar surface area (TPSA) is 15.3 Å². The summed E-state index contributed by atoms with van der Waals surface area (Å²) >= 11 is 0. The van der Waals surface area contributed by atoms with Gasteiger partial charge in [-0.1, -0.05) is 30.3 Å². The van der Waals surface area contributed by atoms with Gasteiger partial charge in [0.2, 0.25) is 0 Å². The average molecular weight is 240 g/mol. The van der Waals surface area contributed by atoms with Crippen LogP contribution in [0.15, 0.2) is 30.3 Å². The summed E-state index contributed by atoms with van der Waals surface area (Å²) in [5, 5.41) is 2.96. The van der Waals surface area contributed by atoms with Gasteiger partial charge in [0, 0.05) is 18.2 Å². The monoisotopic (exact) mass is 240 g/mol. The number of hydrogen-bond acceptors (Lipinski definition) is 2. The summed E-state index contributed by atoms with van der Waals surface area (Å²) in [6, 6.07) is 8.18. The minimum absolute atomic E-state index is 0.0823. The van der Waals surface area contributed by atoms with Gasteiger partial charge in [0.1, 0.15) is 0 Å². The van der Waals surface area contributed by atoms with E-state index in [2.05, 4.69) is 10.2 Å². The van der Waals surface area contributed by atoms with Crippen LogP contribution in [-0.4, -0.2) is 37.6 Å². The third-order valence-electron chi connectivity index (χ3n) is 3.20. The molecule has 1 N–H and O–H groups in total. The summed E-state index contributed by atoms with van der Waals surface area (Å²) in [7, 11) is 2.01. The van der Waals surface area contributed by atoms with Gasteiger partial charge in [-0.3, -0.25) is 0 Å². The van der Waals surface area contributed by atoms with Gasteiger partial charge < -0.3 is 10.2 Å². The maximum atomic E-state index is 13.8. The molecule has 0 amide bonds. The van der Waals surface area contributed by atoms with Crippen LogP contribution in [0.2, 0.25) is 0 Å². The lowest BCUT2D eigenvalue weighted by Crippen LogP contribution is -2.39. The lowest BCUT2D eigenvalue weighted by molar-refractivity contribution is -0.00542. The zero-order valence-electron chi connectivity index (χ0n) is 10.00. The first-order chi connectivity index (χ1) is 8.08. The molecule has 94 valence electrons. The van der Waals surface area contributed by atoms with Crippen LogP contribution in [0.4, 0.5) is 8.78 Å². The first-order valence-corrected chi connectivity index (χ1v) is 5.93. The zero-order valence-corrected chi connectivity index (χ0v) is 10.00. The fourth-order valence-electron chi connectivity index (χ4n) is 2.16. The molecule has 0 aromatic heterocycles. The lowest BCUT2D eigenvalue weighted by atomic mass is 10.1. The van der Waals surface area contributed by atoms with Crippen molar-refractivity contribution >= 4 is 0 Å². The highest BCUT2D eigenvalue weighted by Gasteiger charge is 2.32. The maximum Gasteiger partial charge on any atom is 0.285 e. The second-order valence-electron chi connectivity index (χ2n) is 4.70. The Morgan fingerprint density at radius 2 is 2.06 bits per heavy atom. The average Bonchev–Trinajstić information content (AvgIpc) is 2.74. The zero-order chi connectivity index (χ0) is 12.3. The Balaban J connectivity index is 1.89. The molecular weight excluding hydrogens is 222 g/mol. The summed E-state index contributed by atoms with van der Waals surface area (Å²) in [4.78, 5) is 2.15. The van der Waals surface area contributed by atoms with E-state index in [1.165, 1.54) is 12.1 Å². The van der Waals surface area contributed by atoms with Crippen molar-refractivity contribution < 1.29 is 8.78 Å². The first-order valence-electron chi connectivity index (χ1n) is 5.93. The molecule has 1 unspecified atom stereocenters. The highest BCUT2D eigenvalue weighted by atomic mass is 19.3. The van der Waals surface area contributed by atoms with Crippen molar-refractivity contribution in [1.82, 2.24) is 10.2 Å². The minimum Gasteiger partial charge on any atom is -0.307 e. The van der Waals surface area contributed by atoms with Crippen molar-refractivity contribution in [2.45, 2.75) is 18.4 Å². The molecule has 1 aromatic rings. The van der Waals surface area contributed by atoms with Crippen LogP contribution in [0.3, 0.4) is 0 Å². The van der Waals surface area contributed by atoms with Crippen LogP contribution in [0.1, 0.15) is 12.0 Å². The number of benzene rings is 1. The Labute approximate surface area is 101 Å². The molecule has 1 aliphatic rings. The minimum atomic E-state index is -2.79. The molecule has 1 atom stereocenters. The largest absolute Gasteiger partial charge is 0.307 e. The molecule has 1 fully saturated rings. The first kappa shape index (κ1) is 12.5. The molecular formula is C13H18F2N2. The number of nitrogens with one attached hydrogen (secondary N) is 1. The van der Waals surface area contributed by atoms with Crippen LogP contribution in [-0.2, 0) is 5.92 Å². The van der Waals surface area contributed by atoms with Gasteiger partial charge in [0.05, 0.1) is 6.54 Å². The van der Waals surface area contributed by atoms with Gasteiger partial charge in [-0.25, -0.2) is 0 Å². The van der Waals surface area contributed by atoms with Gasteiger partial charge in [-0.2, -0.15) is 8.78 Å². The summed E-state index contributed by atoms with van der Waals surface area (Å²) in [6.45, 7) is 1.55. The Morgan fingerprint density at radius 3 is 2.65 bits per heavy atom. The quantitative estimate of drug-likeness (QED) is 0.866. The van der Waals surface area contributed by atoms with Crippen molar-refractivity contribution in [3.05, 3.63) is 35.9 Å².